The molecular weight excluding hydrogens is 246 g/mol. The van der Waals surface area contributed by atoms with Gasteiger partial charge in [0.15, 0.2) is 0 Å². The van der Waals surface area contributed by atoms with Crippen molar-refractivity contribution >= 4 is 0 Å². The van der Waals surface area contributed by atoms with Crippen LogP contribution in [0.4, 0.5) is 0 Å². The fraction of sp³-hybridized carbons (Fsp3) is 1.00. The monoisotopic (exact) mass is 275 g/mol. The van der Waals surface area contributed by atoms with Crippen LogP contribution in [-0.4, -0.2) is 61.9 Å². The molecule has 1 aliphatic carbocycles. The highest BCUT2D eigenvalue weighted by atomic mass is 16.5. The van der Waals surface area contributed by atoms with Crippen molar-refractivity contribution in [2.45, 2.75) is 50.9 Å². The van der Waals surface area contributed by atoms with E-state index in [0.717, 1.165) is 25.8 Å². The van der Waals surface area contributed by atoms with Crippen LogP contribution in [0.1, 0.15) is 32.6 Å². The standard InChI is InChI=1S/C14H29NO4/c1-11(9-18-2)19-10-13(16)8-15-7-12-5-3-4-6-14(12)17/h11-17H,3-10H2,1-2H3. The smallest absolute Gasteiger partial charge is 0.0897 e. The van der Waals surface area contributed by atoms with E-state index in [2.05, 4.69) is 5.32 Å². The third-order valence-corrected chi connectivity index (χ3v) is 3.63. The molecule has 0 saturated heterocycles. The molecule has 0 heterocycles. The molecule has 5 heteroatoms. The average molecular weight is 275 g/mol. The number of nitrogens with one attached hydrogen (secondary N) is 1. The molecule has 1 aliphatic rings. The second-order valence-electron chi connectivity index (χ2n) is 5.52. The Labute approximate surface area is 116 Å². The van der Waals surface area contributed by atoms with Gasteiger partial charge in [0.1, 0.15) is 0 Å². The van der Waals surface area contributed by atoms with Gasteiger partial charge in [0.2, 0.25) is 0 Å². The lowest BCUT2D eigenvalue weighted by molar-refractivity contribution is -0.0317. The number of methoxy groups -OCH3 is 1. The first kappa shape index (κ1) is 16.9. The summed E-state index contributed by atoms with van der Waals surface area (Å²) in [6, 6.07) is 0. The van der Waals surface area contributed by atoms with E-state index in [-0.39, 0.29) is 12.2 Å². The topological polar surface area (TPSA) is 71.0 Å². The number of aliphatic hydroxyl groups excluding tert-OH is 2. The highest BCUT2D eigenvalue weighted by molar-refractivity contribution is 4.76. The molecule has 0 radical (unpaired) electrons. The van der Waals surface area contributed by atoms with Crippen LogP contribution in [0.5, 0.6) is 0 Å². The first-order chi connectivity index (χ1) is 9.13. The molecule has 5 nitrogen and oxygen atoms in total. The van der Waals surface area contributed by atoms with Gasteiger partial charge in [-0.2, -0.15) is 0 Å². The van der Waals surface area contributed by atoms with E-state index in [0.29, 0.717) is 25.7 Å². The van der Waals surface area contributed by atoms with Gasteiger partial charge in [-0.3, -0.25) is 0 Å². The van der Waals surface area contributed by atoms with Gasteiger partial charge < -0.3 is 25.0 Å². The van der Waals surface area contributed by atoms with Crippen LogP contribution < -0.4 is 5.32 Å². The first-order valence-electron chi connectivity index (χ1n) is 7.30. The van der Waals surface area contributed by atoms with E-state index in [4.69, 9.17) is 9.47 Å². The van der Waals surface area contributed by atoms with Crippen molar-refractivity contribution in [1.29, 1.82) is 0 Å². The fourth-order valence-corrected chi connectivity index (χ4v) is 2.48. The summed E-state index contributed by atoms with van der Waals surface area (Å²) >= 11 is 0. The zero-order chi connectivity index (χ0) is 14.1. The van der Waals surface area contributed by atoms with E-state index in [1.165, 1.54) is 6.42 Å². The Balaban J connectivity index is 2.04. The summed E-state index contributed by atoms with van der Waals surface area (Å²) in [7, 11) is 1.63. The number of hydrogen-bond acceptors (Lipinski definition) is 5. The number of ether oxygens (including phenoxy) is 2. The van der Waals surface area contributed by atoms with Gasteiger partial charge in [0.05, 0.1) is 31.5 Å². The number of hydrogen-bond donors (Lipinski definition) is 3. The normalized spacial score (nSPS) is 27.2. The third-order valence-electron chi connectivity index (χ3n) is 3.63. The molecule has 4 unspecified atom stereocenters. The van der Waals surface area contributed by atoms with Gasteiger partial charge in [-0.25, -0.2) is 0 Å². The second-order valence-corrected chi connectivity index (χ2v) is 5.52. The molecule has 0 aromatic carbocycles. The van der Waals surface area contributed by atoms with Crippen LogP contribution in [0.15, 0.2) is 0 Å². The van der Waals surface area contributed by atoms with Gasteiger partial charge in [-0.1, -0.05) is 12.8 Å². The van der Waals surface area contributed by atoms with Crippen molar-refractivity contribution in [2.75, 3.05) is 33.4 Å². The van der Waals surface area contributed by atoms with Crippen molar-refractivity contribution in [3.63, 3.8) is 0 Å². The van der Waals surface area contributed by atoms with E-state index in [1.807, 2.05) is 6.92 Å². The predicted octanol–water partition coefficient (Wildman–Crippen LogP) is 0.540. The summed E-state index contributed by atoms with van der Waals surface area (Å²) < 4.78 is 10.4. The lowest BCUT2D eigenvalue weighted by Gasteiger charge is -2.28. The predicted molar refractivity (Wildman–Crippen MR) is 74.1 cm³/mol. The number of aliphatic hydroxyl groups is 2. The second kappa shape index (κ2) is 9.66. The van der Waals surface area contributed by atoms with Crippen LogP contribution in [0.25, 0.3) is 0 Å². The lowest BCUT2D eigenvalue weighted by atomic mass is 9.86. The first-order valence-corrected chi connectivity index (χ1v) is 7.30. The summed E-state index contributed by atoms with van der Waals surface area (Å²) in [6.07, 6.45) is 3.61. The summed E-state index contributed by atoms with van der Waals surface area (Å²) in [5, 5.41) is 22.8. The van der Waals surface area contributed by atoms with Crippen molar-refractivity contribution < 1.29 is 19.7 Å². The van der Waals surface area contributed by atoms with Gasteiger partial charge in [0.25, 0.3) is 0 Å². The quantitative estimate of drug-likeness (QED) is 0.573. The molecule has 0 aliphatic heterocycles. The molecule has 19 heavy (non-hydrogen) atoms. The zero-order valence-electron chi connectivity index (χ0n) is 12.2. The highest BCUT2D eigenvalue weighted by Crippen LogP contribution is 2.23. The summed E-state index contributed by atoms with van der Waals surface area (Å²) in [5.74, 6) is 0.328. The molecule has 1 rings (SSSR count). The fourth-order valence-electron chi connectivity index (χ4n) is 2.48. The van der Waals surface area contributed by atoms with Crippen molar-refractivity contribution in [1.82, 2.24) is 5.32 Å². The van der Waals surface area contributed by atoms with Gasteiger partial charge in [-0.05, 0) is 25.7 Å². The van der Waals surface area contributed by atoms with E-state index < -0.39 is 6.10 Å². The molecule has 114 valence electrons. The molecule has 1 fully saturated rings. The molecule has 0 amide bonds. The SMILES string of the molecule is COCC(C)OCC(O)CNCC1CCCCC1O. The van der Waals surface area contributed by atoms with Gasteiger partial charge >= 0.3 is 0 Å². The maximum Gasteiger partial charge on any atom is 0.0897 e. The lowest BCUT2D eigenvalue weighted by Crippen LogP contribution is -2.38. The summed E-state index contributed by atoms with van der Waals surface area (Å²) in [5.41, 5.74) is 0. The Hall–Kier alpha value is -0.200. The molecule has 1 saturated carbocycles. The van der Waals surface area contributed by atoms with Crippen LogP contribution >= 0.6 is 0 Å². The molecule has 0 spiro atoms. The zero-order valence-corrected chi connectivity index (χ0v) is 12.2. The molecule has 0 aromatic rings. The minimum Gasteiger partial charge on any atom is -0.393 e. The van der Waals surface area contributed by atoms with Crippen LogP contribution in [0, 0.1) is 5.92 Å². The average Bonchev–Trinajstić information content (AvgIpc) is 2.39. The summed E-state index contributed by atoms with van der Waals surface area (Å²) in [4.78, 5) is 0. The Morgan fingerprint density at radius 2 is 2.00 bits per heavy atom. The Morgan fingerprint density at radius 1 is 1.26 bits per heavy atom. The molecule has 0 bridgehead atoms. The maximum atomic E-state index is 9.83. The Kier molecular flexibility index (Phi) is 8.57. The largest absolute Gasteiger partial charge is 0.393 e. The number of rotatable bonds is 9. The minimum atomic E-state index is -0.514. The van der Waals surface area contributed by atoms with Gasteiger partial charge in [0, 0.05) is 20.2 Å². The molecular formula is C14H29NO4. The summed E-state index contributed by atoms with van der Waals surface area (Å²) in [6.45, 7) is 4.04. The highest BCUT2D eigenvalue weighted by Gasteiger charge is 2.22. The van der Waals surface area contributed by atoms with Crippen molar-refractivity contribution in [3.05, 3.63) is 0 Å². The van der Waals surface area contributed by atoms with E-state index in [1.54, 1.807) is 7.11 Å². The Bertz CT molecular complexity index is 227. The van der Waals surface area contributed by atoms with E-state index in [9.17, 15) is 10.2 Å². The van der Waals surface area contributed by atoms with Crippen LogP contribution in [-0.2, 0) is 9.47 Å². The van der Waals surface area contributed by atoms with Crippen molar-refractivity contribution in [3.8, 4) is 0 Å². The third kappa shape index (κ3) is 7.22. The molecule has 4 atom stereocenters. The van der Waals surface area contributed by atoms with Crippen molar-refractivity contribution in [2.24, 2.45) is 5.92 Å². The minimum absolute atomic E-state index is 0.000170. The maximum absolute atomic E-state index is 9.83. The molecule has 0 aromatic heterocycles. The van der Waals surface area contributed by atoms with Crippen LogP contribution in [0.2, 0.25) is 0 Å². The molecule has 3 N–H and O–H groups in total. The van der Waals surface area contributed by atoms with E-state index >= 15 is 0 Å². The van der Waals surface area contributed by atoms with Gasteiger partial charge in [-0.15, -0.1) is 0 Å². The van der Waals surface area contributed by atoms with Crippen LogP contribution in [0.3, 0.4) is 0 Å². The Morgan fingerprint density at radius 3 is 2.68 bits per heavy atom.